The molecule has 116 valence electrons. The lowest BCUT2D eigenvalue weighted by Crippen LogP contribution is -2.36. The predicted molar refractivity (Wildman–Crippen MR) is 86.7 cm³/mol. The van der Waals surface area contributed by atoms with Crippen LogP contribution in [0, 0.1) is 12.8 Å². The summed E-state index contributed by atoms with van der Waals surface area (Å²) in [5.74, 6) is 1.13. The van der Waals surface area contributed by atoms with Gasteiger partial charge in [-0.25, -0.2) is 0 Å². The summed E-state index contributed by atoms with van der Waals surface area (Å²) in [5, 5.41) is 0. The zero-order valence-electron chi connectivity index (χ0n) is 12.6. The number of hydrogen-bond donors (Lipinski definition) is 0. The van der Waals surface area contributed by atoms with E-state index in [4.69, 9.17) is 4.74 Å². The summed E-state index contributed by atoms with van der Waals surface area (Å²) in [5.41, 5.74) is 1.91. The SMILES string of the molecule is Cc1ccc2c(c1)C(=O)C(CN1CCCCC1)CCO2.Cl. The van der Waals surface area contributed by atoms with Crippen molar-refractivity contribution in [1.82, 2.24) is 4.90 Å². The fourth-order valence-corrected chi connectivity index (χ4v) is 3.25. The smallest absolute Gasteiger partial charge is 0.171 e. The second kappa shape index (κ2) is 7.28. The molecule has 0 N–H and O–H groups in total. The Bertz CT molecular complexity index is 498. The van der Waals surface area contributed by atoms with E-state index in [1.807, 2.05) is 25.1 Å². The van der Waals surface area contributed by atoms with Crippen LogP contribution in [-0.4, -0.2) is 36.9 Å². The number of ether oxygens (including phenoxy) is 1. The number of likely N-dealkylation sites (tertiary alicyclic amines) is 1. The van der Waals surface area contributed by atoms with Gasteiger partial charge in [0.15, 0.2) is 5.78 Å². The summed E-state index contributed by atoms with van der Waals surface area (Å²) >= 11 is 0. The van der Waals surface area contributed by atoms with Crippen LogP contribution >= 0.6 is 12.4 Å². The van der Waals surface area contributed by atoms with E-state index in [0.717, 1.165) is 42.9 Å². The Hall–Kier alpha value is -1.06. The molecule has 0 bridgehead atoms. The second-order valence-corrected chi connectivity index (χ2v) is 6.06. The molecule has 2 heterocycles. The van der Waals surface area contributed by atoms with Crippen molar-refractivity contribution in [2.24, 2.45) is 5.92 Å². The van der Waals surface area contributed by atoms with Gasteiger partial charge in [0.25, 0.3) is 0 Å². The number of ketones is 1. The number of fused-ring (bicyclic) bond motifs is 1. The number of halogens is 1. The van der Waals surface area contributed by atoms with Crippen molar-refractivity contribution in [2.75, 3.05) is 26.2 Å². The number of hydrogen-bond acceptors (Lipinski definition) is 3. The minimum Gasteiger partial charge on any atom is -0.493 e. The standard InChI is InChI=1S/C17H23NO2.ClH/c1-13-5-6-16-15(11-13)17(19)14(7-10-20-16)12-18-8-3-2-4-9-18;/h5-6,11,14H,2-4,7-10,12H2,1H3;1H. The molecule has 0 saturated carbocycles. The Labute approximate surface area is 133 Å². The summed E-state index contributed by atoms with van der Waals surface area (Å²) in [4.78, 5) is 15.2. The summed E-state index contributed by atoms with van der Waals surface area (Å²) in [6.45, 7) is 5.87. The van der Waals surface area contributed by atoms with Crippen molar-refractivity contribution >= 4 is 18.2 Å². The molecule has 1 atom stereocenters. The lowest BCUT2D eigenvalue weighted by Gasteiger charge is -2.29. The van der Waals surface area contributed by atoms with Gasteiger partial charge in [-0.2, -0.15) is 0 Å². The molecular formula is C17H24ClNO2. The highest BCUT2D eigenvalue weighted by molar-refractivity contribution is 6.00. The van der Waals surface area contributed by atoms with Gasteiger partial charge in [0.1, 0.15) is 5.75 Å². The first-order chi connectivity index (χ1) is 9.74. The molecule has 2 aliphatic rings. The minimum atomic E-state index is 0. The molecule has 1 unspecified atom stereocenters. The largest absolute Gasteiger partial charge is 0.493 e. The lowest BCUT2D eigenvalue weighted by molar-refractivity contribution is 0.0859. The van der Waals surface area contributed by atoms with E-state index >= 15 is 0 Å². The topological polar surface area (TPSA) is 29.5 Å². The van der Waals surface area contributed by atoms with Crippen LogP contribution < -0.4 is 4.74 Å². The van der Waals surface area contributed by atoms with Gasteiger partial charge in [-0.05, 0) is 51.4 Å². The molecule has 1 fully saturated rings. The number of nitrogens with zero attached hydrogens (tertiary/aromatic N) is 1. The van der Waals surface area contributed by atoms with Crippen molar-refractivity contribution in [1.29, 1.82) is 0 Å². The molecule has 3 rings (SSSR count). The highest BCUT2D eigenvalue weighted by Crippen LogP contribution is 2.28. The molecule has 4 heteroatoms. The fourth-order valence-electron chi connectivity index (χ4n) is 3.25. The van der Waals surface area contributed by atoms with Crippen LogP contribution in [0.1, 0.15) is 41.6 Å². The van der Waals surface area contributed by atoms with E-state index in [9.17, 15) is 4.79 Å². The van der Waals surface area contributed by atoms with Crippen molar-refractivity contribution in [3.05, 3.63) is 29.3 Å². The maximum atomic E-state index is 12.8. The Balaban J connectivity index is 0.00000161. The average Bonchev–Trinajstić information content (AvgIpc) is 2.61. The zero-order chi connectivity index (χ0) is 13.9. The monoisotopic (exact) mass is 309 g/mol. The van der Waals surface area contributed by atoms with Crippen LogP contribution in [0.2, 0.25) is 0 Å². The van der Waals surface area contributed by atoms with Gasteiger partial charge in [-0.3, -0.25) is 4.79 Å². The summed E-state index contributed by atoms with van der Waals surface area (Å²) in [7, 11) is 0. The van der Waals surface area contributed by atoms with Crippen LogP contribution in [0.15, 0.2) is 18.2 Å². The van der Waals surface area contributed by atoms with E-state index in [1.54, 1.807) is 0 Å². The molecule has 0 aliphatic carbocycles. The number of carbonyl (C=O) groups is 1. The molecule has 1 aromatic rings. The molecule has 0 spiro atoms. The van der Waals surface area contributed by atoms with Gasteiger partial charge in [0.05, 0.1) is 12.2 Å². The van der Waals surface area contributed by atoms with E-state index in [-0.39, 0.29) is 24.1 Å². The summed E-state index contributed by atoms with van der Waals surface area (Å²) in [6.07, 6.45) is 4.71. The van der Waals surface area contributed by atoms with Gasteiger partial charge in [0, 0.05) is 12.5 Å². The first-order valence-electron chi connectivity index (χ1n) is 7.74. The molecular weight excluding hydrogens is 286 g/mol. The van der Waals surface area contributed by atoms with Gasteiger partial charge in [-0.1, -0.05) is 18.1 Å². The van der Waals surface area contributed by atoms with Crippen LogP contribution in [0.5, 0.6) is 5.75 Å². The maximum absolute atomic E-state index is 12.8. The quantitative estimate of drug-likeness (QED) is 0.837. The molecule has 2 aliphatic heterocycles. The van der Waals surface area contributed by atoms with Crippen LogP contribution in [-0.2, 0) is 0 Å². The number of benzene rings is 1. The zero-order valence-corrected chi connectivity index (χ0v) is 13.5. The van der Waals surface area contributed by atoms with Crippen LogP contribution in [0.4, 0.5) is 0 Å². The Morgan fingerprint density at radius 3 is 2.76 bits per heavy atom. The van der Waals surface area contributed by atoms with Crippen molar-refractivity contribution in [3.63, 3.8) is 0 Å². The molecule has 1 saturated heterocycles. The van der Waals surface area contributed by atoms with E-state index in [0.29, 0.717) is 6.61 Å². The van der Waals surface area contributed by atoms with E-state index < -0.39 is 0 Å². The van der Waals surface area contributed by atoms with Crippen molar-refractivity contribution in [3.8, 4) is 5.75 Å². The number of carbonyl (C=O) groups excluding carboxylic acids is 1. The normalized spacial score (nSPS) is 22.7. The number of piperidine rings is 1. The summed E-state index contributed by atoms with van der Waals surface area (Å²) in [6, 6.07) is 5.93. The third-order valence-electron chi connectivity index (χ3n) is 4.42. The maximum Gasteiger partial charge on any atom is 0.171 e. The Kier molecular flexibility index (Phi) is 5.65. The lowest BCUT2D eigenvalue weighted by atomic mass is 9.93. The third-order valence-corrected chi connectivity index (χ3v) is 4.42. The number of aryl methyl sites for hydroxylation is 1. The fraction of sp³-hybridized carbons (Fsp3) is 0.588. The summed E-state index contributed by atoms with van der Waals surface area (Å²) < 4.78 is 5.75. The second-order valence-electron chi connectivity index (χ2n) is 6.06. The highest BCUT2D eigenvalue weighted by atomic mass is 35.5. The highest BCUT2D eigenvalue weighted by Gasteiger charge is 2.28. The Morgan fingerprint density at radius 2 is 2.00 bits per heavy atom. The molecule has 1 aromatic carbocycles. The molecule has 0 radical (unpaired) electrons. The van der Waals surface area contributed by atoms with Crippen LogP contribution in [0.3, 0.4) is 0 Å². The first kappa shape index (κ1) is 16.3. The number of Topliss-reactive ketones (excluding diaryl/α,β-unsaturated/α-hetero) is 1. The Morgan fingerprint density at radius 1 is 1.24 bits per heavy atom. The van der Waals surface area contributed by atoms with Gasteiger partial charge in [-0.15, -0.1) is 12.4 Å². The predicted octanol–water partition coefficient (Wildman–Crippen LogP) is 3.48. The molecule has 21 heavy (non-hydrogen) atoms. The van der Waals surface area contributed by atoms with Gasteiger partial charge in [0.2, 0.25) is 0 Å². The van der Waals surface area contributed by atoms with E-state index in [1.165, 1.54) is 19.3 Å². The first-order valence-corrected chi connectivity index (χ1v) is 7.74. The van der Waals surface area contributed by atoms with Gasteiger partial charge >= 0.3 is 0 Å². The van der Waals surface area contributed by atoms with Gasteiger partial charge < -0.3 is 9.64 Å². The molecule has 0 aromatic heterocycles. The van der Waals surface area contributed by atoms with Crippen LogP contribution in [0.25, 0.3) is 0 Å². The van der Waals surface area contributed by atoms with E-state index in [2.05, 4.69) is 4.90 Å². The van der Waals surface area contributed by atoms with Crippen molar-refractivity contribution < 1.29 is 9.53 Å². The molecule has 3 nitrogen and oxygen atoms in total. The molecule has 0 amide bonds. The minimum absolute atomic E-state index is 0. The number of rotatable bonds is 2. The average molecular weight is 310 g/mol. The van der Waals surface area contributed by atoms with Crippen molar-refractivity contribution in [2.45, 2.75) is 32.6 Å². The third kappa shape index (κ3) is 3.78.